The second-order valence-electron chi connectivity index (χ2n) is 4.28. The maximum atomic E-state index is 11.7. The standard InChI is InChI=1S/C10H16O2/c1-12-7-10-5-4-8(6-10)2-3-9(10)11/h8H,2-7H2,1H3. The molecule has 2 atom stereocenters. The van der Waals surface area contributed by atoms with Crippen LogP contribution in [0, 0.1) is 11.3 Å². The van der Waals surface area contributed by atoms with Crippen molar-refractivity contribution >= 4 is 5.78 Å². The van der Waals surface area contributed by atoms with E-state index in [2.05, 4.69) is 0 Å². The molecule has 2 rings (SSSR count). The van der Waals surface area contributed by atoms with Gasteiger partial charge in [0.05, 0.1) is 12.0 Å². The van der Waals surface area contributed by atoms with Crippen LogP contribution in [0.15, 0.2) is 0 Å². The van der Waals surface area contributed by atoms with E-state index >= 15 is 0 Å². The second-order valence-corrected chi connectivity index (χ2v) is 4.28. The van der Waals surface area contributed by atoms with Crippen LogP contribution >= 0.6 is 0 Å². The number of fused-ring (bicyclic) bond motifs is 2. The van der Waals surface area contributed by atoms with Crippen LogP contribution in [0.4, 0.5) is 0 Å². The van der Waals surface area contributed by atoms with Gasteiger partial charge in [0, 0.05) is 13.5 Å². The Morgan fingerprint density at radius 1 is 1.58 bits per heavy atom. The van der Waals surface area contributed by atoms with Crippen LogP contribution in [0.2, 0.25) is 0 Å². The topological polar surface area (TPSA) is 26.3 Å². The molecule has 0 heterocycles. The van der Waals surface area contributed by atoms with E-state index in [1.807, 2.05) is 0 Å². The lowest BCUT2D eigenvalue weighted by Crippen LogP contribution is -2.35. The summed E-state index contributed by atoms with van der Waals surface area (Å²) in [5.41, 5.74) is -0.0579. The monoisotopic (exact) mass is 168 g/mol. The molecule has 0 aliphatic heterocycles. The third-order valence-electron chi connectivity index (χ3n) is 3.50. The molecular formula is C10H16O2. The van der Waals surface area contributed by atoms with Gasteiger partial charge in [0.15, 0.2) is 0 Å². The highest BCUT2D eigenvalue weighted by Crippen LogP contribution is 2.49. The molecule has 0 aromatic rings. The molecule has 0 spiro atoms. The van der Waals surface area contributed by atoms with E-state index in [4.69, 9.17) is 4.74 Å². The molecule has 0 aromatic carbocycles. The Morgan fingerprint density at radius 3 is 3.17 bits per heavy atom. The molecule has 0 N–H and O–H groups in total. The van der Waals surface area contributed by atoms with E-state index < -0.39 is 0 Å². The lowest BCUT2D eigenvalue weighted by molar-refractivity contribution is -0.133. The van der Waals surface area contributed by atoms with Gasteiger partial charge < -0.3 is 4.74 Å². The minimum absolute atomic E-state index is 0.0579. The van der Waals surface area contributed by atoms with Gasteiger partial charge in [0.1, 0.15) is 5.78 Å². The molecule has 68 valence electrons. The predicted molar refractivity (Wildman–Crippen MR) is 45.9 cm³/mol. The predicted octanol–water partition coefficient (Wildman–Crippen LogP) is 1.78. The number of ketones is 1. The molecular weight excluding hydrogens is 152 g/mol. The molecule has 2 nitrogen and oxygen atoms in total. The van der Waals surface area contributed by atoms with Gasteiger partial charge in [-0.1, -0.05) is 0 Å². The number of Topliss-reactive ketones (excluding diaryl/α,β-unsaturated/α-hetero) is 1. The van der Waals surface area contributed by atoms with Crippen molar-refractivity contribution in [2.24, 2.45) is 11.3 Å². The summed E-state index contributed by atoms with van der Waals surface area (Å²) in [7, 11) is 1.70. The smallest absolute Gasteiger partial charge is 0.141 e. The summed E-state index contributed by atoms with van der Waals surface area (Å²) < 4.78 is 5.15. The highest BCUT2D eigenvalue weighted by Gasteiger charge is 2.47. The molecule has 2 heteroatoms. The third-order valence-corrected chi connectivity index (χ3v) is 3.50. The van der Waals surface area contributed by atoms with Crippen LogP contribution in [-0.4, -0.2) is 19.5 Å². The van der Waals surface area contributed by atoms with Crippen LogP contribution in [0.1, 0.15) is 32.1 Å². The zero-order chi connectivity index (χ0) is 8.60. The summed E-state index contributed by atoms with van der Waals surface area (Å²) in [6.45, 7) is 0.655. The first-order chi connectivity index (χ1) is 5.77. The van der Waals surface area contributed by atoms with Crippen LogP contribution < -0.4 is 0 Å². The molecule has 12 heavy (non-hydrogen) atoms. The summed E-state index contributed by atoms with van der Waals surface area (Å²) in [5, 5.41) is 0. The fourth-order valence-electron chi connectivity index (χ4n) is 2.83. The Bertz CT molecular complexity index is 196. The minimum atomic E-state index is -0.0579. The van der Waals surface area contributed by atoms with E-state index in [1.54, 1.807) is 7.11 Å². The van der Waals surface area contributed by atoms with Gasteiger partial charge in [-0.15, -0.1) is 0 Å². The number of carbonyl (C=O) groups is 1. The first-order valence-electron chi connectivity index (χ1n) is 4.79. The van der Waals surface area contributed by atoms with Crippen molar-refractivity contribution in [3.63, 3.8) is 0 Å². The fourth-order valence-corrected chi connectivity index (χ4v) is 2.83. The Kier molecular flexibility index (Phi) is 1.95. The normalized spacial score (nSPS) is 40.4. The number of ether oxygens (including phenoxy) is 1. The van der Waals surface area contributed by atoms with Crippen molar-refractivity contribution < 1.29 is 9.53 Å². The molecule has 2 aliphatic rings. The number of carbonyl (C=O) groups excluding carboxylic acids is 1. The van der Waals surface area contributed by atoms with Crippen LogP contribution in [-0.2, 0) is 9.53 Å². The lowest BCUT2D eigenvalue weighted by Gasteiger charge is -2.30. The Balaban J connectivity index is 2.15. The Labute approximate surface area is 73.3 Å². The van der Waals surface area contributed by atoms with Crippen LogP contribution in [0.5, 0.6) is 0 Å². The molecule has 2 saturated carbocycles. The highest BCUT2D eigenvalue weighted by molar-refractivity contribution is 5.86. The largest absolute Gasteiger partial charge is 0.384 e. The van der Waals surface area contributed by atoms with Crippen molar-refractivity contribution in [3.05, 3.63) is 0 Å². The summed E-state index contributed by atoms with van der Waals surface area (Å²) >= 11 is 0. The van der Waals surface area contributed by atoms with Gasteiger partial charge >= 0.3 is 0 Å². The summed E-state index contributed by atoms with van der Waals surface area (Å²) in [6, 6.07) is 0. The number of rotatable bonds is 2. The van der Waals surface area contributed by atoms with Crippen molar-refractivity contribution in [2.45, 2.75) is 32.1 Å². The lowest BCUT2D eigenvalue weighted by atomic mass is 9.75. The van der Waals surface area contributed by atoms with E-state index in [1.165, 1.54) is 6.42 Å². The summed E-state index contributed by atoms with van der Waals surface area (Å²) in [5.74, 6) is 1.27. The molecule has 0 saturated heterocycles. The number of hydrogen-bond donors (Lipinski definition) is 0. The van der Waals surface area contributed by atoms with E-state index in [0.29, 0.717) is 12.4 Å². The third kappa shape index (κ3) is 1.09. The maximum Gasteiger partial charge on any atom is 0.141 e. The van der Waals surface area contributed by atoms with Crippen molar-refractivity contribution in [1.29, 1.82) is 0 Å². The zero-order valence-corrected chi connectivity index (χ0v) is 7.64. The second kappa shape index (κ2) is 2.84. The SMILES string of the molecule is COCC12CCC(CCC1=O)C2. The van der Waals surface area contributed by atoms with E-state index in [9.17, 15) is 4.79 Å². The maximum absolute atomic E-state index is 11.7. The fraction of sp³-hybridized carbons (Fsp3) is 0.900. The quantitative estimate of drug-likeness (QED) is 0.628. The average molecular weight is 168 g/mol. The zero-order valence-electron chi connectivity index (χ0n) is 7.64. The Morgan fingerprint density at radius 2 is 2.42 bits per heavy atom. The molecule has 0 amide bonds. The average Bonchev–Trinajstić information content (AvgIpc) is 2.40. The molecule has 2 aliphatic carbocycles. The first-order valence-corrected chi connectivity index (χ1v) is 4.79. The molecule has 2 unspecified atom stereocenters. The van der Waals surface area contributed by atoms with E-state index in [0.717, 1.165) is 31.6 Å². The Hall–Kier alpha value is -0.370. The first kappa shape index (κ1) is 8.24. The number of hydrogen-bond acceptors (Lipinski definition) is 2. The van der Waals surface area contributed by atoms with Crippen LogP contribution in [0.3, 0.4) is 0 Å². The van der Waals surface area contributed by atoms with Gasteiger partial charge in [-0.05, 0) is 31.6 Å². The molecule has 0 aromatic heterocycles. The van der Waals surface area contributed by atoms with Crippen LogP contribution in [0.25, 0.3) is 0 Å². The van der Waals surface area contributed by atoms with Gasteiger partial charge in [-0.3, -0.25) is 4.79 Å². The molecule has 2 fully saturated rings. The van der Waals surface area contributed by atoms with Gasteiger partial charge in [0.2, 0.25) is 0 Å². The van der Waals surface area contributed by atoms with Gasteiger partial charge in [-0.25, -0.2) is 0 Å². The minimum Gasteiger partial charge on any atom is -0.384 e. The van der Waals surface area contributed by atoms with E-state index in [-0.39, 0.29) is 5.41 Å². The van der Waals surface area contributed by atoms with Crippen molar-refractivity contribution in [2.75, 3.05) is 13.7 Å². The summed E-state index contributed by atoms with van der Waals surface area (Å²) in [6.07, 6.45) is 5.34. The number of methoxy groups -OCH3 is 1. The highest BCUT2D eigenvalue weighted by atomic mass is 16.5. The molecule has 0 radical (unpaired) electrons. The van der Waals surface area contributed by atoms with Gasteiger partial charge in [0.25, 0.3) is 0 Å². The molecule has 2 bridgehead atoms. The van der Waals surface area contributed by atoms with Crippen molar-refractivity contribution in [3.8, 4) is 0 Å². The summed E-state index contributed by atoms with van der Waals surface area (Å²) in [4.78, 5) is 11.7. The van der Waals surface area contributed by atoms with Gasteiger partial charge in [-0.2, -0.15) is 0 Å². The van der Waals surface area contributed by atoms with Crippen molar-refractivity contribution in [1.82, 2.24) is 0 Å².